The smallest absolute Gasteiger partial charge is 0.408 e. The standard InChI is InChI=1S/C33H44ClN3O5/c34-28-15-7-11-25(19-28)23-42-33(41)36-30(20-24-9-3-1-4-10-24)32(40)35-29(22-38)16-17-31(39)37-18-8-14-27(21-37)26-12-5-2-6-13-26/h2,5-7,11-13,15,19,24,27,29-30,38H,1,3-4,8-10,14,16-18,20-23H2,(H,35,40)(H,36,41). The van der Waals surface area contributed by atoms with Crippen LogP contribution in [0.1, 0.15) is 81.3 Å². The minimum Gasteiger partial charge on any atom is -0.445 e. The van der Waals surface area contributed by atoms with Gasteiger partial charge in [-0.1, -0.05) is 86.2 Å². The van der Waals surface area contributed by atoms with Gasteiger partial charge in [-0.2, -0.15) is 0 Å². The van der Waals surface area contributed by atoms with Gasteiger partial charge in [0.05, 0.1) is 12.6 Å². The summed E-state index contributed by atoms with van der Waals surface area (Å²) in [5, 5.41) is 16.2. The molecule has 1 saturated heterocycles. The molecule has 2 aliphatic rings. The third-order valence-electron chi connectivity index (χ3n) is 8.48. The summed E-state index contributed by atoms with van der Waals surface area (Å²) in [6.45, 7) is 1.15. The quantitative estimate of drug-likeness (QED) is 0.296. The van der Waals surface area contributed by atoms with Crippen molar-refractivity contribution >= 4 is 29.5 Å². The molecule has 42 heavy (non-hydrogen) atoms. The molecule has 4 rings (SSSR count). The Hall–Kier alpha value is -3.10. The van der Waals surface area contributed by atoms with Gasteiger partial charge in [-0.25, -0.2) is 4.79 Å². The number of carbonyl (C=O) groups is 3. The first kappa shape index (κ1) is 31.8. The van der Waals surface area contributed by atoms with Crippen molar-refractivity contribution in [1.29, 1.82) is 0 Å². The van der Waals surface area contributed by atoms with Crippen LogP contribution in [0.4, 0.5) is 4.79 Å². The number of nitrogens with zero attached hydrogens (tertiary/aromatic N) is 1. The predicted molar refractivity (Wildman–Crippen MR) is 163 cm³/mol. The summed E-state index contributed by atoms with van der Waals surface area (Å²) in [6, 6.07) is 16.0. The van der Waals surface area contributed by atoms with Crippen molar-refractivity contribution in [3.05, 3.63) is 70.7 Å². The maximum Gasteiger partial charge on any atom is 0.408 e. The SMILES string of the molecule is O=C(NC(CC1CCCCC1)C(=O)NC(CO)CCC(=O)N1CCCC(c2ccccc2)C1)OCc1cccc(Cl)c1. The number of nitrogens with one attached hydrogen (secondary N) is 2. The fraction of sp³-hybridized carbons (Fsp3) is 0.545. The molecule has 0 bridgehead atoms. The number of ether oxygens (including phenoxy) is 1. The van der Waals surface area contributed by atoms with Gasteiger partial charge >= 0.3 is 6.09 Å². The number of hydrogen-bond acceptors (Lipinski definition) is 5. The van der Waals surface area contributed by atoms with E-state index in [4.69, 9.17) is 16.3 Å². The average molecular weight is 598 g/mol. The first-order chi connectivity index (χ1) is 20.4. The zero-order valence-electron chi connectivity index (χ0n) is 24.3. The highest BCUT2D eigenvalue weighted by molar-refractivity contribution is 6.30. The van der Waals surface area contributed by atoms with E-state index in [2.05, 4.69) is 22.8 Å². The molecule has 2 fully saturated rings. The second kappa shape index (κ2) is 16.5. The van der Waals surface area contributed by atoms with Crippen LogP contribution in [0.15, 0.2) is 54.6 Å². The molecule has 3 N–H and O–H groups in total. The van der Waals surface area contributed by atoms with Crippen molar-refractivity contribution in [2.24, 2.45) is 5.92 Å². The van der Waals surface area contributed by atoms with Crippen molar-refractivity contribution in [2.45, 2.75) is 88.8 Å². The van der Waals surface area contributed by atoms with Crippen LogP contribution >= 0.6 is 11.6 Å². The fourth-order valence-electron chi connectivity index (χ4n) is 6.11. The van der Waals surface area contributed by atoms with E-state index >= 15 is 0 Å². The van der Waals surface area contributed by atoms with Crippen LogP contribution in [0.3, 0.4) is 0 Å². The summed E-state index contributed by atoms with van der Waals surface area (Å²) in [7, 11) is 0. The van der Waals surface area contributed by atoms with Crippen LogP contribution in [0.25, 0.3) is 0 Å². The van der Waals surface area contributed by atoms with Gasteiger partial charge in [-0.15, -0.1) is 0 Å². The van der Waals surface area contributed by atoms with Crippen LogP contribution in [-0.4, -0.2) is 59.7 Å². The van der Waals surface area contributed by atoms with Crippen molar-refractivity contribution in [3.8, 4) is 0 Å². The second-order valence-corrected chi connectivity index (χ2v) is 12.1. The Labute approximate surface area is 254 Å². The molecule has 228 valence electrons. The van der Waals surface area contributed by atoms with E-state index in [0.29, 0.717) is 36.2 Å². The van der Waals surface area contributed by atoms with Gasteiger partial charge in [-0.3, -0.25) is 9.59 Å². The fourth-order valence-corrected chi connectivity index (χ4v) is 6.33. The Morgan fingerprint density at radius 3 is 2.50 bits per heavy atom. The lowest BCUT2D eigenvalue weighted by molar-refractivity contribution is -0.133. The molecule has 0 aromatic heterocycles. The van der Waals surface area contributed by atoms with Gasteiger partial charge in [0, 0.05) is 30.5 Å². The number of alkyl carbamates (subject to hydrolysis) is 1. The Bertz CT molecular complexity index is 1160. The number of rotatable bonds is 12. The number of halogens is 1. The first-order valence-electron chi connectivity index (χ1n) is 15.3. The van der Waals surface area contributed by atoms with Crippen LogP contribution in [-0.2, 0) is 20.9 Å². The van der Waals surface area contributed by atoms with Gasteiger partial charge in [0.2, 0.25) is 11.8 Å². The lowest BCUT2D eigenvalue weighted by Crippen LogP contribution is -2.51. The zero-order valence-corrected chi connectivity index (χ0v) is 25.1. The minimum absolute atomic E-state index is 0.0322. The van der Waals surface area contributed by atoms with Gasteiger partial charge in [0.15, 0.2) is 0 Å². The largest absolute Gasteiger partial charge is 0.445 e. The molecule has 9 heteroatoms. The maximum absolute atomic E-state index is 13.4. The van der Waals surface area contributed by atoms with Gasteiger partial charge in [-0.05, 0) is 54.9 Å². The number of carbonyl (C=O) groups excluding carboxylic acids is 3. The number of hydrogen-bond donors (Lipinski definition) is 3. The van der Waals surface area contributed by atoms with E-state index < -0.39 is 18.2 Å². The number of piperidine rings is 1. The first-order valence-corrected chi connectivity index (χ1v) is 15.7. The average Bonchev–Trinajstić information content (AvgIpc) is 3.02. The van der Waals surface area contributed by atoms with Gasteiger partial charge < -0.3 is 25.4 Å². The summed E-state index contributed by atoms with van der Waals surface area (Å²) in [4.78, 5) is 41.1. The summed E-state index contributed by atoms with van der Waals surface area (Å²) in [5.74, 6) is 0.315. The number of aliphatic hydroxyl groups excluding tert-OH is 1. The molecule has 1 heterocycles. The molecule has 3 unspecified atom stereocenters. The maximum atomic E-state index is 13.4. The number of likely N-dealkylation sites (tertiary alicyclic amines) is 1. The van der Waals surface area contributed by atoms with E-state index in [1.807, 2.05) is 29.2 Å². The molecule has 0 spiro atoms. The molecule has 1 aliphatic carbocycles. The van der Waals surface area contributed by atoms with Crippen molar-refractivity contribution in [3.63, 3.8) is 0 Å². The zero-order chi connectivity index (χ0) is 29.7. The van der Waals surface area contributed by atoms with E-state index in [-0.39, 0.29) is 31.4 Å². The molecule has 1 aliphatic heterocycles. The summed E-state index contributed by atoms with van der Waals surface area (Å²) in [5.41, 5.74) is 2.00. The highest BCUT2D eigenvalue weighted by atomic mass is 35.5. The molecular formula is C33H44ClN3O5. The van der Waals surface area contributed by atoms with E-state index in [1.165, 1.54) is 12.0 Å². The highest BCUT2D eigenvalue weighted by Crippen LogP contribution is 2.28. The van der Waals surface area contributed by atoms with Gasteiger partial charge in [0.1, 0.15) is 12.6 Å². The van der Waals surface area contributed by atoms with Crippen LogP contribution in [0, 0.1) is 5.92 Å². The summed E-state index contributed by atoms with van der Waals surface area (Å²) in [6.07, 6.45) is 7.82. The Kier molecular flexibility index (Phi) is 12.5. The lowest BCUT2D eigenvalue weighted by Gasteiger charge is -2.33. The predicted octanol–water partition coefficient (Wildman–Crippen LogP) is 5.57. The van der Waals surface area contributed by atoms with Crippen LogP contribution < -0.4 is 10.6 Å². The third kappa shape index (κ3) is 10.0. The Balaban J connectivity index is 1.29. The third-order valence-corrected chi connectivity index (χ3v) is 8.71. The molecule has 8 nitrogen and oxygen atoms in total. The topological polar surface area (TPSA) is 108 Å². The molecule has 3 atom stereocenters. The molecule has 2 aromatic carbocycles. The van der Waals surface area contributed by atoms with Crippen molar-refractivity contribution in [1.82, 2.24) is 15.5 Å². The number of aliphatic hydroxyl groups is 1. The molecule has 0 radical (unpaired) electrons. The Morgan fingerprint density at radius 1 is 0.976 bits per heavy atom. The molecule has 1 saturated carbocycles. The second-order valence-electron chi connectivity index (χ2n) is 11.7. The van der Waals surface area contributed by atoms with Crippen LogP contribution in [0.5, 0.6) is 0 Å². The molecular weight excluding hydrogens is 554 g/mol. The molecule has 2 aromatic rings. The Morgan fingerprint density at radius 2 is 1.76 bits per heavy atom. The van der Waals surface area contributed by atoms with Crippen molar-refractivity contribution < 1.29 is 24.2 Å². The minimum atomic E-state index is -0.793. The van der Waals surface area contributed by atoms with Crippen LogP contribution in [0.2, 0.25) is 5.02 Å². The molecule has 3 amide bonds. The number of amides is 3. The number of benzene rings is 2. The lowest BCUT2D eigenvalue weighted by atomic mass is 9.84. The highest BCUT2D eigenvalue weighted by Gasteiger charge is 2.29. The van der Waals surface area contributed by atoms with Gasteiger partial charge in [0.25, 0.3) is 0 Å². The normalized spacial score (nSPS) is 19.0. The summed E-state index contributed by atoms with van der Waals surface area (Å²) < 4.78 is 5.38. The van der Waals surface area contributed by atoms with E-state index in [9.17, 15) is 19.5 Å². The van der Waals surface area contributed by atoms with Crippen molar-refractivity contribution in [2.75, 3.05) is 19.7 Å². The van der Waals surface area contributed by atoms with E-state index in [1.54, 1.807) is 18.2 Å². The summed E-state index contributed by atoms with van der Waals surface area (Å²) >= 11 is 6.02. The monoisotopic (exact) mass is 597 g/mol. The van der Waals surface area contributed by atoms with E-state index in [0.717, 1.165) is 50.6 Å².